The van der Waals surface area contributed by atoms with E-state index in [-0.39, 0.29) is 11.5 Å². The molecule has 1 amide bonds. The van der Waals surface area contributed by atoms with Gasteiger partial charge in [0.25, 0.3) is 5.56 Å². The van der Waals surface area contributed by atoms with Crippen LogP contribution < -0.4 is 10.9 Å². The zero-order valence-corrected chi connectivity index (χ0v) is 16.5. The lowest BCUT2D eigenvalue weighted by Crippen LogP contribution is -2.22. The third kappa shape index (κ3) is 4.20. The van der Waals surface area contributed by atoms with Crippen molar-refractivity contribution in [2.45, 2.75) is 5.92 Å². The molecule has 4 rings (SSSR count). The molecule has 1 N–H and O–H groups in total. The zero-order chi connectivity index (χ0) is 20.9. The second-order valence-electron chi connectivity index (χ2n) is 7.00. The number of carbonyl (C=O) groups excluding carboxylic acids is 1. The quantitative estimate of drug-likeness (QED) is 0.550. The fourth-order valence-electron chi connectivity index (χ4n) is 3.38. The summed E-state index contributed by atoms with van der Waals surface area (Å²) in [5.41, 5.74) is 3.98. The molecular weight excluding hydrogens is 374 g/mol. The number of nitrogens with zero attached hydrogens (tertiary/aromatic N) is 2. The molecule has 0 aliphatic heterocycles. The van der Waals surface area contributed by atoms with Crippen LogP contribution in [0.2, 0.25) is 0 Å². The van der Waals surface area contributed by atoms with Crippen LogP contribution in [0.1, 0.15) is 17.0 Å². The first-order valence-corrected chi connectivity index (χ1v) is 9.67. The Morgan fingerprint density at radius 3 is 1.90 bits per heavy atom. The van der Waals surface area contributed by atoms with E-state index >= 15 is 0 Å². The summed E-state index contributed by atoms with van der Waals surface area (Å²) in [5, 5.41) is 7.28. The van der Waals surface area contributed by atoms with Crippen LogP contribution in [0.4, 0.5) is 5.69 Å². The zero-order valence-electron chi connectivity index (χ0n) is 16.5. The minimum Gasteiger partial charge on any atom is -0.325 e. The van der Waals surface area contributed by atoms with E-state index in [1.807, 2.05) is 84.9 Å². The molecule has 0 spiro atoms. The van der Waals surface area contributed by atoms with Gasteiger partial charge in [0.1, 0.15) is 0 Å². The van der Waals surface area contributed by atoms with Crippen molar-refractivity contribution >= 4 is 11.6 Å². The molecule has 0 atom stereocenters. The highest BCUT2D eigenvalue weighted by Gasteiger charge is 2.22. The van der Waals surface area contributed by atoms with Gasteiger partial charge >= 0.3 is 0 Å². The first-order valence-electron chi connectivity index (χ1n) is 9.67. The van der Waals surface area contributed by atoms with Crippen molar-refractivity contribution in [1.29, 1.82) is 0 Å². The molecule has 0 saturated carbocycles. The van der Waals surface area contributed by atoms with E-state index in [2.05, 4.69) is 10.4 Å². The Labute approximate surface area is 174 Å². The second kappa shape index (κ2) is 8.57. The van der Waals surface area contributed by atoms with E-state index in [9.17, 15) is 9.59 Å². The van der Waals surface area contributed by atoms with E-state index in [4.69, 9.17) is 0 Å². The number of aryl methyl sites for hydroxylation is 1. The highest BCUT2D eigenvalue weighted by Crippen LogP contribution is 2.27. The number of amides is 1. The van der Waals surface area contributed by atoms with Gasteiger partial charge < -0.3 is 5.32 Å². The maximum atomic E-state index is 13.2. The average molecular weight is 395 g/mol. The SMILES string of the molecule is Cn1nc(-c2ccc(NC(=O)C(c3ccccc3)c3ccccc3)cc2)ccc1=O. The average Bonchev–Trinajstić information content (AvgIpc) is 2.78. The largest absolute Gasteiger partial charge is 0.325 e. The lowest BCUT2D eigenvalue weighted by atomic mass is 9.90. The maximum Gasteiger partial charge on any atom is 0.266 e. The van der Waals surface area contributed by atoms with Crippen LogP contribution >= 0.6 is 0 Å². The van der Waals surface area contributed by atoms with Gasteiger partial charge in [0.05, 0.1) is 11.6 Å². The first-order chi connectivity index (χ1) is 14.6. The highest BCUT2D eigenvalue weighted by atomic mass is 16.2. The summed E-state index contributed by atoms with van der Waals surface area (Å²) in [6.45, 7) is 0. The van der Waals surface area contributed by atoms with Gasteiger partial charge in [-0.15, -0.1) is 0 Å². The molecule has 0 fully saturated rings. The Bertz CT molecular complexity index is 1160. The second-order valence-corrected chi connectivity index (χ2v) is 7.00. The molecule has 4 aromatic rings. The number of hydrogen-bond donors (Lipinski definition) is 1. The Balaban J connectivity index is 1.58. The molecule has 5 nitrogen and oxygen atoms in total. The highest BCUT2D eigenvalue weighted by molar-refractivity contribution is 5.98. The number of hydrogen-bond acceptors (Lipinski definition) is 3. The van der Waals surface area contributed by atoms with E-state index in [1.165, 1.54) is 10.7 Å². The van der Waals surface area contributed by atoms with Crippen LogP contribution in [-0.4, -0.2) is 15.7 Å². The molecule has 5 heteroatoms. The lowest BCUT2D eigenvalue weighted by molar-refractivity contribution is -0.116. The van der Waals surface area contributed by atoms with Crippen molar-refractivity contribution in [2.24, 2.45) is 7.05 Å². The molecule has 30 heavy (non-hydrogen) atoms. The number of benzene rings is 3. The predicted octanol–water partition coefficient (Wildman–Crippen LogP) is 4.22. The third-order valence-corrected chi connectivity index (χ3v) is 4.94. The summed E-state index contributed by atoms with van der Waals surface area (Å²) in [5.74, 6) is -0.502. The van der Waals surface area contributed by atoms with Crippen molar-refractivity contribution in [1.82, 2.24) is 9.78 Å². The van der Waals surface area contributed by atoms with E-state index in [1.54, 1.807) is 13.1 Å². The molecule has 0 saturated heterocycles. The van der Waals surface area contributed by atoms with Crippen LogP contribution in [0.3, 0.4) is 0 Å². The molecule has 1 heterocycles. The van der Waals surface area contributed by atoms with Crippen molar-refractivity contribution in [3.63, 3.8) is 0 Å². The monoisotopic (exact) mass is 395 g/mol. The molecule has 0 radical (unpaired) electrons. The van der Waals surface area contributed by atoms with Crippen molar-refractivity contribution < 1.29 is 4.79 Å². The molecule has 0 aliphatic rings. The summed E-state index contributed by atoms with van der Waals surface area (Å²) in [6, 6.07) is 30.1. The molecule has 0 bridgehead atoms. The smallest absolute Gasteiger partial charge is 0.266 e. The van der Waals surface area contributed by atoms with Gasteiger partial charge in [-0.1, -0.05) is 72.8 Å². The Morgan fingerprint density at radius 1 is 0.800 bits per heavy atom. The van der Waals surface area contributed by atoms with Gasteiger partial charge in [-0.3, -0.25) is 9.59 Å². The fourth-order valence-corrected chi connectivity index (χ4v) is 3.38. The molecule has 3 aromatic carbocycles. The number of nitrogens with one attached hydrogen (secondary N) is 1. The van der Waals surface area contributed by atoms with Crippen LogP contribution in [0.25, 0.3) is 11.3 Å². The standard InChI is InChI=1S/C25H21N3O2/c1-28-23(29)17-16-22(27-28)18-12-14-21(15-13-18)26-25(30)24(19-8-4-2-5-9-19)20-10-6-3-7-11-20/h2-17,24H,1H3,(H,26,30). The molecule has 148 valence electrons. The summed E-state index contributed by atoms with van der Waals surface area (Å²) >= 11 is 0. The van der Waals surface area contributed by atoms with Gasteiger partial charge in [0, 0.05) is 24.4 Å². The van der Waals surface area contributed by atoms with Crippen molar-refractivity contribution in [3.05, 3.63) is 119 Å². The van der Waals surface area contributed by atoms with Crippen LogP contribution in [-0.2, 0) is 11.8 Å². The third-order valence-electron chi connectivity index (χ3n) is 4.94. The minimum absolute atomic E-state index is 0.0969. The topological polar surface area (TPSA) is 64.0 Å². The van der Waals surface area contributed by atoms with E-state index < -0.39 is 5.92 Å². The van der Waals surface area contributed by atoms with Crippen molar-refractivity contribution in [2.75, 3.05) is 5.32 Å². The number of rotatable bonds is 5. The molecule has 0 unspecified atom stereocenters. The predicted molar refractivity (Wildman–Crippen MR) is 118 cm³/mol. The minimum atomic E-state index is -0.405. The fraction of sp³-hybridized carbons (Fsp3) is 0.0800. The molecule has 1 aromatic heterocycles. The summed E-state index contributed by atoms with van der Waals surface area (Å²) in [6.07, 6.45) is 0. The number of aromatic nitrogens is 2. The van der Waals surface area contributed by atoms with Gasteiger partial charge in [0.15, 0.2) is 0 Å². The van der Waals surface area contributed by atoms with Gasteiger partial charge in [-0.2, -0.15) is 5.10 Å². The Morgan fingerprint density at radius 2 is 1.37 bits per heavy atom. The summed E-state index contributed by atoms with van der Waals surface area (Å²) in [7, 11) is 1.62. The van der Waals surface area contributed by atoms with Crippen LogP contribution in [0.15, 0.2) is 102 Å². The number of carbonyl (C=O) groups is 1. The molecular formula is C25H21N3O2. The summed E-state index contributed by atoms with van der Waals surface area (Å²) in [4.78, 5) is 24.7. The van der Waals surface area contributed by atoms with Gasteiger partial charge in [-0.25, -0.2) is 4.68 Å². The molecule has 0 aliphatic carbocycles. The van der Waals surface area contributed by atoms with Crippen LogP contribution in [0.5, 0.6) is 0 Å². The van der Waals surface area contributed by atoms with Gasteiger partial charge in [-0.05, 0) is 29.3 Å². The normalized spacial score (nSPS) is 10.7. The number of anilines is 1. The van der Waals surface area contributed by atoms with Crippen molar-refractivity contribution in [3.8, 4) is 11.3 Å². The maximum absolute atomic E-state index is 13.2. The first kappa shape index (κ1) is 19.3. The van der Waals surface area contributed by atoms with E-state index in [0.29, 0.717) is 11.4 Å². The van der Waals surface area contributed by atoms with Gasteiger partial charge in [0.2, 0.25) is 5.91 Å². The van der Waals surface area contributed by atoms with E-state index in [0.717, 1.165) is 16.7 Å². The lowest BCUT2D eigenvalue weighted by Gasteiger charge is -2.18. The summed E-state index contributed by atoms with van der Waals surface area (Å²) < 4.78 is 1.30. The van der Waals surface area contributed by atoms with Crippen LogP contribution in [0, 0.1) is 0 Å². The Hall–Kier alpha value is -3.99. The Kier molecular flexibility index (Phi) is 5.52.